The van der Waals surface area contributed by atoms with Crippen LogP contribution in [-0.2, 0) is 5.66 Å². The van der Waals surface area contributed by atoms with E-state index in [0.717, 1.165) is 6.54 Å². The van der Waals surface area contributed by atoms with Crippen molar-refractivity contribution in [1.29, 1.82) is 0 Å². The molecule has 24 heavy (non-hydrogen) atoms. The SMILES string of the molecule is c1ccc(C2=NC(c3ccccc3)(c3ccccc3)N3CC23)cc1. The molecule has 1 fully saturated rings. The van der Waals surface area contributed by atoms with Crippen LogP contribution < -0.4 is 0 Å². The molecule has 116 valence electrons. The Labute approximate surface area is 142 Å². The first-order valence-corrected chi connectivity index (χ1v) is 8.42. The highest BCUT2D eigenvalue weighted by Gasteiger charge is 2.59. The first-order chi connectivity index (χ1) is 11.9. The van der Waals surface area contributed by atoms with E-state index >= 15 is 0 Å². The highest BCUT2D eigenvalue weighted by atomic mass is 15.5. The molecule has 5 rings (SSSR count). The van der Waals surface area contributed by atoms with E-state index in [1.165, 1.54) is 22.4 Å². The van der Waals surface area contributed by atoms with Gasteiger partial charge in [-0.2, -0.15) is 0 Å². The van der Waals surface area contributed by atoms with E-state index in [9.17, 15) is 0 Å². The molecule has 1 saturated heterocycles. The molecule has 2 heteroatoms. The van der Waals surface area contributed by atoms with Gasteiger partial charge in [-0.3, -0.25) is 9.89 Å². The fourth-order valence-corrected chi connectivity index (χ4v) is 3.88. The van der Waals surface area contributed by atoms with Crippen LogP contribution in [0.3, 0.4) is 0 Å². The third-order valence-corrected chi connectivity index (χ3v) is 5.05. The summed E-state index contributed by atoms with van der Waals surface area (Å²) in [5.74, 6) is 0. The van der Waals surface area contributed by atoms with E-state index in [1.54, 1.807) is 0 Å². The standard InChI is InChI=1S/C22H18N2/c1-4-10-17(11-5-1)21-20-16-24(20)22(23-21,18-12-6-2-7-13-18)19-14-8-3-9-15-19/h1-15,20H,16H2. The minimum absolute atomic E-state index is 0.391. The van der Waals surface area contributed by atoms with Crippen molar-refractivity contribution in [3.05, 3.63) is 108 Å². The minimum atomic E-state index is -0.391. The first-order valence-electron chi connectivity index (χ1n) is 8.42. The van der Waals surface area contributed by atoms with Gasteiger partial charge in [0.1, 0.15) is 0 Å². The molecule has 3 aromatic rings. The summed E-state index contributed by atoms with van der Waals surface area (Å²) in [5.41, 5.74) is 4.54. The van der Waals surface area contributed by atoms with Crippen molar-refractivity contribution in [2.45, 2.75) is 11.7 Å². The lowest BCUT2D eigenvalue weighted by atomic mass is 9.91. The predicted octanol–water partition coefficient (Wildman–Crippen LogP) is 4.07. The third-order valence-electron chi connectivity index (χ3n) is 5.05. The smallest absolute Gasteiger partial charge is 0.165 e. The van der Waals surface area contributed by atoms with Crippen LogP contribution in [0.15, 0.2) is 96.0 Å². The van der Waals surface area contributed by atoms with Crippen molar-refractivity contribution >= 4 is 5.71 Å². The molecular formula is C22H18N2. The van der Waals surface area contributed by atoms with Gasteiger partial charge in [-0.1, -0.05) is 91.0 Å². The van der Waals surface area contributed by atoms with Crippen molar-refractivity contribution in [3.63, 3.8) is 0 Å². The average molecular weight is 310 g/mol. The van der Waals surface area contributed by atoms with Crippen molar-refractivity contribution in [3.8, 4) is 0 Å². The van der Waals surface area contributed by atoms with Gasteiger partial charge in [-0.25, -0.2) is 0 Å². The summed E-state index contributed by atoms with van der Waals surface area (Å²) >= 11 is 0. The van der Waals surface area contributed by atoms with Gasteiger partial charge in [-0.15, -0.1) is 0 Å². The third kappa shape index (κ3) is 1.90. The Bertz CT molecular complexity index is 846. The molecule has 2 heterocycles. The normalized spacial score (nSPS) is 23.4. The molecule has 2 atom stereocenters. The zero-order valence-electron chi connectivity index (χ0n) is 13.3. The zero-order chi connectivity index (χ0) is 16.0. The second-order valence-electron chi connectivity index (χ2n) is 6.44. The molecule has 3 aromatic carbocycles. The van der Waals surface area contributed by atoms with E-state index in [0.29, 0.717) is 6.04 Å². The number of hydrogen-bond acceptors (Lipinski definition) is 2. The zero-order valence-corrected chi connectivity index (χ0v) is 13.3. The molecule has 0 N–H and O–H groups in total. The topological polar surface area (TPSA) is 15.4 Å². The molecule has 0 radical (unpaired) electrons. The first kappa shape index (κ1) is 13.7. The second-order valence-corrected chi connectivity index (χ2v) is 6.44. The summed E-state index contributed by atoms with van der Waals surface area (Å²) in [6, 6.07) is 32.3. The van der Waals surface area contributed by atoms with Gasteiger partial charge in [0.05, 0.1) is 11.8 Å². The van der Waals surface area contributed by atoms with Crippen LogP contribution in [0.4, 0.5) is 0 Å². The largest absolute Gasteiger partial charge is 0.260 e. The summed E-state index contributed by atoms with van der Waals surface area (Å²) < 4.78 is 0. The summed E-state index contributed by atoms with van der Waals surface area (Å²) in [7, 11) is 0. The Balaban J connectivity index is 1.74. The van der Waals surface area contributed by atoms with E-state index in [-0.39, 0.29) is 0 Å². The van der Waals surface area contributed by atoms with Crippen molar-refractivity contribution in [2.24, 2.45) is 4.99 Å². The van der Waals surface area contributed by atoms with E-state index < -0.39 is 5.66 Å². The molecule has 2 aliphatic heterocycles. The van der Waals surface area contributed by atoms with Gasteiger partial charge in [0, 0.05) is 6.54 Å². The molecule has 0 saturated carbocycles. The van der Waals surface area contributed by atoms with Gasteiger partial charge in [0.2, 0.25) is 0 Å². The van der Waals surface area contributed by atoms with Crippen molar-refractivity contribution in [1.82, 2.24) is 4.90 Å². The van der Waals surface area contributed by atoms with Crippen LogP contribution in [0, 0.1) is 0 Å². The molecule has 0 amide bonds. The average Bonchev–Trinajstić information content (AvgIpc) is 3.40. The summed E-state index contributed by atoms with van der Waals surface area (Å²) in [6.07, 6.45) is 0. The Morgan fingerprint density at radius 2 is 1.21 bits per heavy atom. The maximum Gasteiger partial charge on any atom is 0.165 e. The number of fused-ring (bicyclic) bond motifs is 1. The quantitative estimate of drug-likeness (QED) is 0.666. The van der Waals surface area contributed by atoms with E-state index in [2.05, 4.69) is 95.9 Å². The van der Waals surface area contributed by atoms with Crippen LogP contribution in [0.25, 0.3) is 0 Å². The van der Waals surface area contributed by atoms with Crippen molar-refractivity contribution < 1.29 is 0 Å². The summed E-state index contributed by atoms with van der Waals surface area (Å²) in [4.78, 5) is 7.80. The highest BCUT2D eigenvalue weighted by molar-refractivity contribution is 6.08. The monoisotopic (exact) mass is 310 g/mol. The van der Waals surface area contributed by atoms with Gasteiger partial charge in [0.15, 0.2) is 5.66 Å². The molecule has 2 unspecified atom stereocenters. The van der Waals surface area contributed by atoms with Gasteiger partial charge in [0.25, 0.3) is 0 Å². The van der Waals surface area contributed by atoms with Gasteiger partial charge in [-0.05, 0) is 16.7 Å². The predicted molar refractivity (Wildman–Crippen MR) is 97.1 cm³/mol. The lowest BCUT2D eigenvalue weighted by molar-refractivity contribution is 0.312. The fourth-order valence-electron chi connectivity index (χ4n) is 3.88. The number of rotatable bonds is 3. The number of aliphatic imine (C=N–C) groups is 1. The number of hydrogen-bond donors (Lipinski definition) is 0. The Morgan fingerprint density at radius 3 is 1.75 bits per heavy atom. The van der Waals surface area contributed by atoms with Gasteiger partial charge < -0.3 is 0 Å². The summed E-state index contributed by atoms with van der Waals surface area (Å²) in [5, 5.41) is 0. The Morgan fingerprint density at radius 1 is 0.708 bits per heavy atom. The fraction of sp³-hybridized carbons (Fsp3) is 0.136. The molecule has 0 spiro atoms. The number of benzene rings is 3. The lowest BCUT2D eigenvalue weighted by Crippen LogP contribution is -2.32. The van der Waals surface area contributed by atoms with Crippen LogP contribution in [0.1, 0.15) is 16.7 Å². The second kappa shape index (κ2) is 5.15. The van der Waals surface area contributed by atoms with Crippen LogP contribution in [0.5, 0.6) is 0 Å². The summed E-state index contributed by atoms with van der Waals surface area (Å²) in [6.45, 7) is 1.07. The molecule has 0 bridgehead atoms. The van der Waals surface area contributed by atoms with Crippen molar-refractivity contribution in [2.75, 3.05) is 6.54 Å². The molecule has 2 nitrogen and oxygen atoms in total. The molecular weight excluding hydrogens is 292 g/mol. The Hall–Kier alpha value is -2.71. The van der Waals surface area contributed by atoms with Crippen LogP contribution in [-0.4, -0.2) is 23.2 Å². The molecule has 0 aromatic heterocycles. The highest BCUT2D eigenvalue weighted by Crippen LogP contribution is 2.50. The van der Waals surface area contributed by atoms with E-state index in [1.807, 2.05) is 0 Å². The molecule has 2 aliphatic rings. The maximum absolute atomic E-state index is 5.30. The van der Waals surface area contributed by atoms with Gasteiger partial charge >= 0.3 is 0 Å². The Kier molecular flexibility index (Phi) is 2.94. The van der Waals surface area contributed by atoms with Crippen LogP contribution >= 0.6 is 0 Å². The minimum Gasteiger partial charge on any atom is -0.260 e. The number of nitrogens with zero attached hydrogens (tertiary/aromatic N) is 2. The lowest BCUT2D eigenvalue weighted by Gasteiger charge is -2.30. The molecule has 0 aliphatic carbocycles. The van der Waals surface area contributed by atoms with E-state index in [4.69, 9.17) is 4.99 Å². The van der Waals surface area contributed by atoms with Crippen LogP contribution in [0.2, 0.25) is 0 Å². The maximum atomic E-state index is 5.30.